The normalized spacial score (nSPS) is 10.3. The quantitative estimate of drug-likeness (QED) is 0.613. The molecule has 2 aromatic carbocycles. The molecular formula is C12H7ClFNO2S. The summed E-state index contributed by atoms with van der Waals surface area (Å²) < 4.78 is 13.2. The first-order valence-corrected chi connectivity index (χ1v) is 6.13. The average molecular weight is 284 g/mol. The Morgan fingerprint density at radius 3 is 2.28 bits per heavy atom. The van der Waals surface area contributed by atoms with Crippen LogP contribution in [0.25, 0.3) is 0 Å². The standard InChI is InChI=1S/C12H7ClFNO2S/c13-11-6-5-10(7-12(11)14)18-9-3-1-8(2-4-9)15(16)17/h1-7H. The fourth-order valence-corrected chi connectivity index (χ4v) is 2.27. The minimum absolute atomic E-state index is 0.0293. The van der Waals surface area contributed by atoms with Gasteiger partial charge in [-0.2, -0.15) is 0 Å². The molecule has 2 aromatic rings. The second-order valence-electron chi connectivity index (χ2n) is 3.43. The molecule has 0 saturated carbocycles. The molecule has 0 spiro atoms. The molecular weight excluding hydrogens is 277 g/mol. The van der Waals surface area contributed by atoms with Gasteiger partial charge in [-0.1, -0.05) is 23.4 Å². The molecule has 0 radical (unpaired) electrons. The minimum atomic E-state index is -0.483. The van der Waals surface area contributed by atoms with Gasteiger partial charge in [0, 0.05) is 21.9 Å². The number of hydrogen-bond acceptors (Lipinski definition) is 3. The second-order valence-corrected chi connectivity index (χ2v) is 4.98. The number of non-ortho nitro benzene ring substituents is 1. The Labute approximate surface area is 112 Å². The lowest BCUT2D eigenvalue weighted by Gasteiger charge is -2.02. The number of rotatable bonds is 3. The second kappa shape index (κ2) is 5.37. The van der Waals surface area contributed by atoms with Crippen molar-refractivity contribution in [3.63, 3.8) is 0 Å². The van der Waals surface area contributed by atoms with E-state index >= 15 is 0 Å². The third-order valence-electron chi connectivity index (χ3n) is 2.17. The highest BCUT2D eigenvalue weighted by Gasteiger charge is 2.06. The predicted octanol–water partition coefficient (Wildman–Crippen LogP) is 4.54. The molecule has 92 valence electrons. The van der Waals surface area contributed by atoms with Gasteiger partial charge in [-0.15, -0.1) is 0 Å². The molecule has 6 heteroatoms. The van der Waals surface area contributed by atoms with E-state index in [0.29, 0.717) is 4.90 Å². The van der Waals surface area contributed by atoms with Crippen LogP contribution in [0.4, 0.5) is 10.1 Å². The van der Waals surface area contributed by atoms with E-state index in [1.165, 1.54) is 36.0 Å². The van der Waals surface area contributed by atoms with Crippen molar-refractivity contribution in [3.05, 3.63) is 63.4 Å². The van der Waals surface area contributed by atoms with Crippen LogP contribution in [0.3, 0.4) is 0 Å². The largest absolute Gasteiger partial charge is 0.269 e. The molecule has 2 rings (SSSR count). The minimum Gasteiger partial charge on any atom is -0.258 e. The SMILES string of the molecule is O=[N+]([O-])c1ccc(Sc2ccc(Cl)c(F)c2)cc1. The molecule has 0 unspecified atom stereocenters. The molecule has 0 heterocycles. The van der Waals surface area contributed by atoms with Crippen LogP contribution < -0.4 is 0 Å². The van der Waals surface area contributed by atoms with E-state index in [0.717, 1.165) is 4.90 Å². The fourth-order valence-electron chi connectivity index (χ4n) is 1.31. The Hall–Kier alpha value is -1.59. The lowest BCUT2D eigenvalue weighted by Crippen LogP contribution is -1.86. The Morgan fingerprint density at radius 1 is 1.11 bits per heavy atom. The van der Waals surface area contributed by atoms with Crippen molar-refractivity contribution in [1.82, 2.24) is 0 Å². The van der Waals surface area contributed by atoms with Gasteiger partial charge in [0.1, 0.15) is 5.82 Å². The first-order valence-electron chi connectivity index (χ1n) is 4.93. The van der Waals surface area contributed by atoms with Crippen LogP contribution in [-0.2, 0) is 0 Å². The van der Waals surface area contributed by atoms with Crippen LogP contribution in [0.1, 0.15) is 0 Å². The number of hydrogen-bond donors (Lipinski definition) is 0. The average Bonchev–Trinajstić information content (AvgIpc) is 2.34. The van der Waals surface area contributed by atoms with Crippen molar-refractivity contribution in [2.24, 2.45) is 0 Å². The monoisotopic (exact) mass is 283 g/mol. The molecule has 0 aliphatic carbocycles. The molecule has 0 aromatic heterocycles. The number of nitrogens with zero attached hydrogens (tertiary/aromatic N) is 1. The molecule has 0 saturated heterocycles. The van der Waals surface area contributed by atoms with Gasteiger partial charge in [0.25, 0.3) is 5.69 Å². The smallest absolute Gasteiger partial charge is 0.258 e. The van der Waals surface area contributed by atoms with Crippen molar-refractivity contribution in [3.8, 4) is 0 Å². The van der Waals surface area contributed by atoms with Gasteiger partial charge in [0.05, 0.1) is 9.95 Å². The van der Waals surface area contributed by atoms with Gasteiger partial charge in [-0.05, 0) is 30.3 Å². The van der Waals surface area contributed by atoms with Crippen molar-refractivity contribution >= 4 is 29.1 Å². The summed E-state index contributed by atoms with van der Waals surface area (Å²) in [6.07, 6.45) is 0. The lowest BCUT2D eigenvalue weighted by molar-refractivity contribution is -0.384. The van der Waals surface area contributed by atoms with Gasteiger partial charge in [0.15, 0.2) is 0 Å². The van der Waals surface area contributed by atoms with Gasteiger partial charge in [0.2, 0.25) is 0 Å². The van der Waals surface area contributed by atoms with Crippen molar-refractivity contribution < 1.29 is 9.31 Å². The highest BCUT2D eigenvalue weighted by molar-refractivity contribution is 7.99. The molecule has 0 amide bonds. The molecule has 0 N–H and O–H groups in total. The zero-order chi connectivity index (χ0) is 13.1. The summed E-state index contributed by atoms with van der Waals surface area (Å²) in [5.41, 5.74) is 0.0293. The van der Waals surface area contributed by atoms with Crippen LogP contribution in [0.5, 0.6) is 0 Å². The van der Waals surface area contributed by atoms with Gasteiger partial charge >= 0.3 is 0 Å². The van der Waals surface area contributed by atoms with Crippen LogP contribution in [-0.4, -0.2) is 4.92 Å². The highest BCUT2D eigenvalue weighted by atomic mass is 35.5. The molecule has 18 heavy (non-hydrogen) atoms. The van der Waals surface area contributed by atoms with Gasteiger partial charge in [-0.3, -0.25) is 10.1 Å². The molecule has 0 fully saturated rings. The number of nitro benzene ring substituents is 1. The predicted molar refractivity (Wildman–Crippen MR) is 68.6 cm³/mol. The summed E-state index contributed by atoms with van der Waals surface area (Å²) in [7, 11) is 0. The number of benzene rings is 2. The maximum Gasteiger partial charge on any atom is 0.269 e. The highest BCUT2D eigenvalue weighted by Crippen LogP contribution is 2.30. The van der Waals surface area contributed by atoms with Crippen LogP contribution in [0.15, 0.2) is 52.3 Å². The summed E-state index contributed by atoms with van der Waals surface area (Å²) in [5.74, 6) is -0.483. The maximum absolute atomic E-state index is 13.2. The van der Waals surface area contributed by atoms with E-state index in [-0.39, 0.29) is 10.7 Å². The summed E-state index contributed by atoms with van der Waals surface area (Å²) in [5, 5.41) is 10.6. The lowest BCUT2D eigenvalue weighted by atomic mass is 10.3. The molecule has 0 atom stereocenters. The molecule has 0 aliphatic rings. The number of nitro groups is 1. The molecule has 3 nitrogen and oxygen atoms in total. The zero-order valence-corrected chi connectivity index (χ0v) is 10.5. The van der Waals surface area contributed by atoms with Crippen LogP contribution in [0, 0.1) is 15.9 Å². The van der Waals surface area contributed by atoms with E-state index in [1.807, 2.05) is 0 Å². The fraction of sp³-hybridized carbons (Fsp3) is 0. The Bertz CT molecular complexity index is 589. The van der Waals surface area contributed by atoms with Crippen molar-refractivity contribution in [2.75, 3.05) is 0 Å². The van der Waals surface area contributed by atoms with E-state index in [2.05, 4.69) is 0 Å². The summed E-state index contributed by atoms with van der Waals surface area (Å²) in [6, 6.07) is 10.6. The maximum atomic E-state index is 13.2. The Kier molecular flexibility index (Phi) is 3.84. The third-order valence-corrected chi connectivity index (χ3v) is 3.48. The first-order chi connectivity index (χ1) is 8.56. The summed E-state index contributed by atoms with van der Waals surface area (Å²) in [4.78, 5) is 11.5. The molecule has 0 bridgehead atoms. The van der Waals surface area contributed by atoms with E-state index in [1.54, 1.807) is 18.2 Å². The van der Waals surface area contributed by atoms with Gasteiger partial charge in [-0.25, -0.2) is 4.39 Å². The summed E-state index contributed by atoms with van der Waals surface area (Å²) in [6.45, 7) is 0. The first kappa shape index (κ1) is 12.9. The van der Waals surface area contributed by atoms with E-state index in [4.69, 9.17) is 11.6 Å². The topological polar surface area (TPSA) is 43.1 Å². The third kappa shape index (κ3) is 3.00. The summed E-state index contributed by atoms with van der Waals surface area (Å²) >= 11 is 6.89. The van der Waals surface area contributed by atoms with E-state index in [9.17, 15) is 14.5 Å². The number of halogens is 2. The van der Waals surface area contributed by atoms with Crippen molar-refractivity contribution in [2.45, 2.75) is 9.79 Å². The van der Waals surface area contributed by atoms with Gasteiger partial charge < -0.3 is 0 Å². The van der Waals surface area contributed by atoms with E-state index < -0.39 is 10.7 Å². The Balaban J connectivity index is 2.18. The van der Waals surface area contributed by atoms with Crippen LogP contribution >= 0.6 is 23.4 Å². The zero-order valence-electron chi connectivity index (χ0n) is 8.97. The molecule has 0 aliphatic heterocycles. The van der Waals surface area contributed by atoms with Crippen molar-refractivity contribution in [1.29, 1.82) is 0 Å². The van der Waals surface area contributed by atoms with Crippen LogP contribution in [0.2, 0.25) is 5.02 Å². The Morgan fingerprint density at radius 2 is 1.72 bits per heavy atom.